The fraction of sp³-hybridized carbons (Fsp3) is 0.154. The molecule has 0 amide bonds. The standard InChI is InChI=1S/C13H11FO2S/c1-2-16-13(15)6-5-11-7-9-3-4-10(14)8-12(9)17-11/h3-8H,2H2,1H3. The Labute approximate surface area is 102 Å². The van der Waals surface area contributed by atoms with Gasteiger partial charge in [0.1, 0.15) is 5.82 Å². The number of benzene rings is 1. The zero-order valence-electron chi connectivity index (χ0n) is 9.27. The van der Waals surface area contributed by atoms with E-state index in [0.717, 1.165) is 15.0 Å². The number of carbonyl (C=O) groups excluding carboxylic acids is 1. The summed E-state index contributed by atoms with van der Waals surface area (Å²) >= 11 is 1.44. The van der Waals surface area contributed by atoms with Crippen molar-refractivity contribution in [3.63, 3.8) is 0 Å². The van der Waals surface area contributed by atoms with Crippen LogP contribution in [0.3, 0.4) is 0 Å². The van der Waals surface area contributed by atoms with Gasteiger partial charge in [-0.2, -0.15) is 0 Å². The minimum absolute atomic E-state index is 0.250. The van der Waals surface area contributed by atoms with E-state index in [4.69, 9.17) is 4.74 Å². The molecular weight excluding hydrogens is 239 g/mol. The number of fused-ring (bicyclic) bond motifs is 1. The van der Waals surface area contributed by atoms with Gasteiger partial charge in [-0.25, -0.2) is 9.18 Å². The first-order valence-corrected chi connectivity index (χ1v) is 6.04. The maximum atomic E-state index is 13.0. The fourth-order valence-corrected chi connectivity index (χ4v) is 2.44. The Bertz CT molecular complexity index is 572. The van der Waals surface area contributed by atoms with Crippen LogP contribution in [0.5, 0.6) is 0 Å². The van der Waals surface area contributed by atoms with E-state index in [1.165, 1.54) is 29.5 Å². The number of hydrogen-bond acceptors (Lipinski definition) is 3. The van der Waals surface area contributed by atoms with Gasteiger partial charge >= 0.3 is 5.97 Å². The van der Waals surface area contributed by atoms with Crippen LogP contribution < -0.4 is 0 Å². The molecule has 0 unspecified atom stereocenters. The Morgan fingerprint density at radius 2 is 2.29 bits per heavy atom. The summed E-state index contributed by atoms with van der Waals surface area (Å²) in [7, 11) is 0. The third-order valence-electron chi connectivity index (χ3n) is 2.17. The summed E-state index contributed by atoms with van der Waals surface area (Å²) in [6, 6.07) is 6.55. The number of hydrogen-bond donors (Lipinski definition) is 0. The van der Waals surface area contributed by atoms with Crippen LogP contribution in [0.25, 0.3) is 16.2 Å². The van der Waals surface area contributed by atoms with Crippen molar-refractivity contribution >= 4 is 33.5 Å². The molecule has 0 aliphatic carbocycles. The number of halogens is 1. The van der Waals surface area contributed by atoms with Gasteiger partial charge in [0.15, 0.2) is 0 Å². The first-order valence-electron chi connectivity index (χ1n) is 5.23. The molecule has 0 saturated carbocycles. The third kappa shape index (κ3) is 2.91. The summed E-state index contributed by atoms with van der Waals surface area (Å²) in [6.07, 6.45) is 3.06. The van der Waals surface area contributed by atoms with E-state index in [1.807, 2.05) is 6.07 Å². The van der Waals surface area contributed by atoms with Crippen LogP contribution in [-0.2, 0) is 9.53 Å². The number of ether oxygens (including phenoxy) is 1. The highest BCUT2D eigenvalue weighted by Crippen LogP contribution is 2.27. The van der Waals surface area contributed by atoms with E-state index >= 15 is 0 Å². The molecule has 0 aliphatic heterocycles. The van der Waals surface area contributed by atoms with E-state index in [-0.39, 0.29) is 11.8 Å². The Morgan fingerprint density at radius 1 is 1.47 bits per heavy atom. The van der Waals surface area contributed by atoms with E-state index in [2.05, 4.69) is 0 Å². The monoisotopic (exact) mass is 250 g/mol. The van der Waals surface area contributed by atoms with Gasteiger partial charge in [0.25, 0.3) is 0 Å². The van der Waals surface area contributed by atoms with Gasteiger partial charge in [0.2, 0.25) is 0 Å². The first kappa shape index (κ1) is 11.8. The summed E-state index contributed by atoms with van der Waals surface area (Å²) in [5.74, 6) is -0.614. The van der Waals surface area contributed by atoms with E-state index in [1.54, 1.807) is 19.1 Å². The summed E-state index contributed by atoms with van der Waals surface area (Å²) < 4.78 is 18.6. The lowest BCUT2D eigenvalue weighted by atomic mass is 10.2. The smallest absolute Gasteiger partial charge is 0.330 e. The van der Waals surface area contributed by atoms with Crippen molar-refractivity contribution in [2.45, 2.75) is 6.92 Å². The molecular formula is C13H11FO2S. The minimum atomic E-state index is -0.365. The summed E-state index contributed by atoms with van der Waals surface area (Å²) in [4.78, 5) is 12.0. The predicted octanol–water partition coefficient (Wildman–Crippen LogP) is 3.62. The second kappa shape index (κ2) is 5.10. The normalized spacial score (nSPS) is 11.2. The number of thiophene rings is 1. The molecule has 2 nitrogen and oxygen atoms in total. The van der Waals surface area contributed by atoms with Crippen molar-refractivity contribution in [1.82, 2.24) is 0 Å². The van der Waals surface area contributed by atoms with E-state index < -0.39 is 0 Å². The Hall–Kier alpha value is -1.68. The number of rotatable bonds is 3. The zero-order chi connectivity index (χ0) is 12.3. The van der Waals surface area contributed by atoms with Crippen LogP contribution >= 0.6 is 11.3 Å². The lowest BCUT2D eigenvalue weighted by Crippen LogP contribution is -1.98. The molecule has 0 saturated heterocycles. The van der Waals surface area contributed by atoms with Gasteiger partial charge in [-0.1, -0.05) is 6.07 Å². The molecule has 0 fully saturated rings. The average molecular weight is 250 g/mol. The molecule has 88 valence electrons. The maximum Gasteiger partial charge on any atom is 0.330 e. The van der Waals surface area contributed by atoms with Gasteiger partial charge < -0.3 is 4.74 Å². The van der Waals surface area contributed by atoms with Crippen molar-refractivity contribution < 1.29 is 13.9 Å². The molecule has 1 aromatic carbocycles. The van der Waals surface area contributed by atoms with Crippen LogP contribution in [0.2, 0.25) is 0 Å². The molecule has 17 heavy (non-hydrogen) atoms. The Morgan fingerprint density at radius 3 is 3.06 bits per heavy atom. The average Bonchev–Trinajstić information content (AvgIpc) is 2.68. The molecule has 4 heteroatoms. The van der Waals surface area contributed by atoms with E-state index in [0.29, 0.717) is 6.61 Å². The van der Waals surface area contributed by atoms with Gasteiger partial charge in [-0.15, -0.1) is 11.3 Å². The quantitative estimate of drug-likeness (QED) is 0.614. The van der Waals surface area contributed by atoms with Crippen molar-refractivity contribution in [3.05, 3.63) is 41.0 Å². The maximum absolute atomic E-state index is 13.0. The lowest BCUT2D eigenvalue weighted by molar-refractivity contribution is -0.137. The summed E-state index contributed by atoms with van der Waals surface area (Å²) in [5.41, 5.74) is 0. The zero-order valence-corrected chi connectivity index (χ0v) is 10.1. The SMILES string of the molecule is CCOC(=O)C=Cc1cc2ccc(F)cc2s1. The highest BCUT2D eigenvalue weighted by molar-refractivity contribution is 7.19. The van der Waals surface area contributed by atoms with Crippen LogP contribution in [0, 0.1) is 5.82 Å². The third-order valence-corrected chi connectivity index (χ3v) is 3.23. The van der Waals surface area contributed by atoms with Crippen LogP contribution in [0.1, 0.15) is 11.8 Å². The molecule has 0 N–H and O–H groups in total. The Balaban J connectivity index is 2.22. The van der Waals surface area contributed by atoms with Gasteiger partial charge in [-0.3, -0.25) is 0 Å². The van der Waals surface area contributed by atoms with Gasteiger partial charge in [-0.05, 0) is 36.6 Å². The second-order valence-electron chi connectivity index (χ2n) is 3.42. The molecule has 0 aliphatic rings. The molecule has 0 bridgehead atoms. The fourth-order valence-electron chi connectivity index (χ4n) is 1.45. The predicted molar refractivity (Wildman–Crippen MR) is 67.5 cm³/mol. The lowest BCUT2D eigenvalue weighted by Gasteiger charge is -1.93. The molecule has 1 heterocycles. The highest BCUT2D eigenvalue weighted by atomic mass is 32.1. The van der Waals surface area contributed by atoms with Crippen molar-refractivity contribution in [2.24, 2.45) is 0 Å². The molecule has 0 radical (unpaired) electrons. The van der Waals surface area contributed by atoms with Crippen molar-refractivity contribution in [1.29, 1.82) is 0 Å². The topological polar surface area (TPSA) is 26.3 Å². The summed E-state index contributed by atoms with van der Waals surface area (Å²) in [5, 5.41) is 0.972. The van der Waals surface area contributed by atoms with Crippen molar-refractivity contribution in [2.75, 3.05) is 6.61 Å². The number of carbonyl (C=O) groups is 1. The molecule has 2 aromatic rings. The van der Waals surface area contributed by atoms with Crippen LogP contribution in [-0.4, -0.2) is 12.6 Å². The van der Waals surface area contributed by atoms with E-state index in [9.17, 15) is 9.18 Å². The number of esters is 1. The first-order chi connectivity index (χ1) is 8.19. The molecule has 0 spiro atoms. The second-order valence-corrected chi connectivity index (χ2v) is 4.53. The molecule has 0 atom stereocenters. The van der Waals surface area contributed by atoms with Crippen molar-refractivity contribution in [3.8, 4) is 0 Å². The molecule has 2 rings (SSSR count). The summed E-state index contributed by atoms with van der Waals surface area (Å²) in [6.45, 7) is 2.12. The molecule has 1 aromatic heterocycles. The van der Waals surface area contributed by atoms with Gasteiger partial charge in [0, 0.05) is 15.7 Å². The van der Waals surface area contributed by atoms with Crippen LogP contribution in [0.15, 0.2) is 30.3 Å². The largest absolute Gasteiger partial charge is 0.463 e. The highest BCUT2D eigenvalue weighted by Gasteiger charge is 2.01. The van der Waals surface area contributed by atoms with Gasteiger partial charge in [0.05, 0.1) is 6.61 Å². The Kier molecular flexibility index (Phi) is 3.54. The minimum Gasteiger partial charge on any atom is -0.463 e. The van der Waals surface area contributed by atoms with Crippen LogP contribution in [0.4, 0.5) is 4.39 Å².